The molecule has 0 radical (unpaired) electrons. The van der Waals surface area contributed by atoms with Gasteiger partial charge in [-0.05, 0) is 31.7 Å². The first-order valence-electron chi connectivity index (χ1n) is 3.70. The van der Waals surface area contributed by atoms with E-state index < -0.39 is 0 Å². The van der Waals surface area contributed by atoms with Crippen LogP contribution in [0, 0.1) is 5.92 Å². The molecule has 1 saturated carbocycles. The largest absolute Gasteiger partial charge is 0.314 e. The second-order valence-corrected chi connectivity index (χ2v) is 3.05. The minimum Gasteiger partial charge on any atom is -0.314 e. The molecule has 0 aromatic carbocycles. The maximum absolute atomic E-state index is 3.52. The van der Waals surface area contributed by atoms with Gasteiger partial charge in [0.1, 0.15) is 0 Å². The smallest absolute Gasteiger partial charge is 0.00991 e. The van der Waals surface area contributed by atoms with E-state index in [4.69, 9.17) is 0 Å². The fourth-order valence-electron chi connectivity index (χ4n) is 1.64. The van der Waals surface area contributed by atoms with E-state index >= 15 is 0 Å². The zero-order valence-corrected chi connectivity index (χ0v) is 5.19. The molecule has 1 aliphatic heterocycles. The van der Waals surface area contributed by atoms with Crippen molar-refractivity contribution in [1.29, 1.82) is 0 Å². The summed E-state index contributed by atoms with van der Waals surface area (Å²) in [4.78, 5) is 0. The Morgan fingerprint density at radius 2 is 2.25 bits per heavy atom. The molecule has 46 valence electrons. The topological polar surface area (TPSA) is 12.0 Å². The van der Waals surface area contributed by atoms with Gasteiger partial charge in [-0.2, -0.15) is 0 Å². The van der Waals surface area contributed by atoms with Gasteiger partial charge in [-0.3, -0.25) is 0 Å². The molecule has 2 rings (SSSR count). The van der Waals surface area contributed by atoms with Crippen molar-refractivity contribution in [2.75, 3.05) is 6.54 Å². The van der Waals surface area contributed by atoms with Gasteiger partial charge in [0.2, 0.25) is 0 Å². The van der Waals surface area contributed by atoms with Crippen molar-refractivity contribution in [3.05, 3.63) is 0 Å². The van der Waals surface area contributed by atoms with Gasteiger partial charge in [-0.1, -0.05) is 6.42 Å². The Morgan fingerprint density at radius 3 is 3.25 bits per heavy atom. The molecule has 1 heterocycles. The number of hydrogen-bond donors (Lipinski definition) is 1. The summed E-state index contributed by atoms with van der Waals surface area (Å²) < 4.78 is 0. The van der Waals surface area contributed by atoms with Crippen molar-refractivity contribution < 1.29 is 0 Å². The van der Waals surface area contributed by atoms with Crippen LogP contribution in [0.2, 0.25) is 0 Å². The molecule has 1 nitrogen and oxygen atoms in total. The SMILES string of the molecule is C1CC[C@H]2C[C@H]2NC1. The lowest BCUT2D eigenvalue weighted by molar-refractivity contribution is 0.656. The van der Waals surface area contributed by atoms with Crippen molar-refractivity contribution in [3.63, 3.8) is 0 Å². The van der Waals surface area contributed by atoms with Crippen molar-refractivity contribution in [2.24, 2.45) is 5.92 Å². The number of hydrogen-bond acceptors (Lipinski definition) is 1. The highest BCUT2D eigenvalue weighted by molar-refractivity contribution is 4.94. The highest BCUT2D eigenvalue weighted by atomic mass is 15.0. The molecular weight excluding hydrogens is 98.1 g/mol. The Hall–Kier alpha value is -0.0400. The van der Waals surface area contributed by atoms with Crippen LogP contribution < -0.4 is 5.32 Å². The van der Waals surface area contributed by atoms with Crippen LogP contribution >= 0.6 is 0 Å². The fourth-order valence-corrected chi connectivity index (χ4v) is 1.64. The van der Waals surface area contributed by atoms with Gasteiger partial charge < -0.3 is 5.32 Å². The Bertz CT molecular complexity index is 80.4. The molecule has 0 amide bonds. The third kappa shape index (κ3) is 0.752. The number of rotatable bonds is 0. The first kappa shape index (κ1) is 4.80. The van der Waals surface area contributed by atoms with E-state index in [-0.39, 0.29) is 0 Å². The minimum absolute atomic E-state index is 0.942. The molecular formula is C7H13N. The number of nitrogens with one attached hydrogen (secondary N) is 1. The summed E-state index contributed by atoms with van der Waals surface area (Å²) >= 11 is 0. The first-order chi connectivity index (χ1) is 3.97. The van der Waals surface area contributed by atoms with Gasteiger partial charge in [0.25, 0.3) is 0 Å². The molecule has 2 aliphatic rings. The maximum atomic E-state index is 3.52. The Balaban J connectivity index is 1.89. The summed E-state index contributed by atoms with van der Waals surface area (Å²) in [6, 6.07) is 0.942. The van der Waals surface area contributed by atoms with E-state index in [1.54, 1.807) is 0 Å². The van der Waals surface area contributed by atoms with Gasteiger partial charge in [0.15, 0.2) is 0 Å². The molecule has 0 spiro atoms. The van der Waals surface area contributed by atoms with Crippen LogP contribution in [0.4, 0.5) is 0 Å². The van der Waals surface area contributed by atoms with Crippen molar-refractivity contribution >= 4 is 0 Å². The lowest BCUT2D eigenvalue weighted by Crippen LogP contribution is -2.16. The zero-order chi connectivity index (χ0) is 5.40. The molecule has 1 aliphatic carbocycles. The molecule has 1 N–H and O–H groups in total. The standard InChI is InChI=1S/C7H13N/c1-2-4-8-7-5-6(7)3-1/h6-8H,1-5H2/t6-,7+/m0/s1. The molecule has 0 bridgehead atoms. The average Bonchev–Trinajstić information content (AvgIpc) is 2.36. The lowest BCUT2D eigenvalue weighted by Gasteiger charge is -1.94. The monoisotopic (exact) mass is 111 g/mol. The molecule has 0 aromatic rings. The summed E-state index contributed by atoms with van der Waals surface area (Å²) in [6.07, 6.45) is 5.85. The number of fused-ring (bicyclic) bond motifs is 1. The predicted octanol–water partition coefficient (Wildman–Crippen LogP) is 1.15. The molecule has 2 atom stereocenters. The summed E-state index contributed by atoms with van der Waals surface area (Å²) in [5.74, 6) is 1.08. The predicted molar refractivity (Wildman–Crippen MR) is 33.7 cm³/mol. The van der Waals surface area contributed by atoms with Crippen LogP contribution in [0.5, 0.6) is 0 Å². The average molecular weight is 111 g/mol. The highest BCUT2D eigenvalue weighted by Crippen LogP contribution is 2.36. The van der Waals surface area contributed by atoms with Crippen LogP contribution in [0.3, 0.4) is 0 Å². The van der Waals surface area contributed by atoms with Crippen molar-refractivity contribution in [1.82, 2.24) is 5.32 Å². The third-order valence-electron chi connectivity index (χ3n) is 2.33. The van der Waals surface area contributed by atoms with Crippen LogP contribution in [0.25, 0.3) is 0 Å². The second-order valence-electron chi connectivity index (χ2n) is 3.05. The van der Waals surface area contributed by atoms with E-state index in [9.17, 15) is 0 Å². The highest BCUT2D eigenvalue weighted by Gasteiger charge is 2.36. The molecule has 0 unspecified atom stereocenters. The summed E-state index contributed by atoms with van der Waals surface area (Å²) in [6.45, 7) is 1.28. The Labute approximate surface area is 50.5 Å². The minimum atomic E-state index is 0.942. The maximum Gasteiger partial charge on any atom is 0.00991 e. The van der Waals surface area contributed by atoms with Crippen LogP contribution in [0.1, 0.15) is 25.7 Å². The normalized spacial score (nSPS) is 45.0. The lowest BCUT2D eigenvalue weighted by atomic mass is 10.2. The zero-order valence-electron chi connectivity index (χ0n) is 5.19. The van der Waals surface area contributed by atoms with Gasteiger partial charge in [-0.25, -0.2) is 0 Å². The molecule has 2 fully saturated rings. The van der Waals surface area contributed by atoms with Crippen molar-refractivity contribution in [2.45, 2.75) is 31.7 Å². The van der Waals surface area contributed by atoms with Crippen molar-refractivity contribution in [3.8, 4) is 0 Å². The van der Waals surface area contributed by atoms with E-state index in [2.05, 4.69) is 5.32 Å². The van der Waals surface area contributed by atoms with Crippen LogP contribution in [-0.4, -0.2) is 12.6 Å². The van der Waals surface area contributed by atoms with Gasteiger partial charge in [0, 0.05) is 6.04 Å². The van der Waals surface area contributed by atoms with Gasteiger partial charge in [-0.15, -0.1) is 0 Å². The van der Waals surface area contributed by atoms with E-state index in [0.717, 1.165) is 12.0 Å². The molecule has 1 heteroatoms. The summed E-state index contributed by atoms with van der Waals surface area (Å²) in [5, 5.41) is 3.52. The molecule has 0 aromatic heterocycles. The quantitative estimate of drug-likeness (QED) is 0.494. The summed E-state index contributed by atoms with van der Waals surface area (Å²) in [7, 11) is 0. The Kier molecular flexibility index (Phi) is 1.04. The fraction of sp³-hybridized carbons (Fsp3) is 1.00. The Morgan fingerprint density at radius 1 is 1.25 bits per heavy atom. The molecule has 1 saturated heterocycles. The van der Waals surface area contributed by atoms with E-state index in [0.29, 0.717) is 0 Å². The summed E-state index contributed by atoms with van der Waals surface area (Å²) in [5.41, 5.74) is 0. The molecule has 8 heavy (non-hydrogen) atoms. The van der Waals surface area contributed by atoms with Crippen LogP contribution in [0.15, 0.2) is 0 Å². The third-order valence-corrected chi connectivity index (χ3v) is 2.33. The first-order valence-corrected chi connectivity index (χ1v) is 3.70. The van der Waals surface area contributed by atoms with E-state index in [1.807, 2.05) is 0 Å². The van der Waals surface area contributed by atoms with Gasteiger partial charge >= 0.3 is 0 Å². The van der Waals surface area contributed by atoms with E-state index in [1.165, 1.54) is 32.2 Å². The van der Waals surface area contributed by atoms with Gasteiger partial charge in [0.05, 0.1) is 0 Å². The second kappa shape index (κ2) is 1.73. The van der Waals surface area contributed by atoms with Crippen LogP contribution in [-0.2, 0) is 0 Å².